The monoisotopic (exact) mass is 306 g/mol. The summed E-state index contributed by atoms with van der Waals surface area (Å²) in [6, 6.07) is 8.26. The van der Waals surface area contributed by atoms with Crippen LogP contribution in [0.5, 0.6) is 0 Å². The van der Waals surface area contributed by atoms with E-state index in [0.717, 1.165) is 22.4 Å². The Balaban J connectivity index is 2.45. The number of nitrogens with one attached hydrogen (secondary N) is 1. The van der Waals surface area contributed by atoms with Gasteiger partial charge >= 0.3 is 0 Å². The Hall–Kier alpha value is -2.87. The lowest BCUT2D eigenvalue weighted by Gasteiger charge is -2.14. The molecule has 2 heterocycles. The quantitative estimate of drug-likeness (QED) is 0.789. The second kappa shape index (κ2) is 5.40. The van der Waals surface area contributed by atoms with Gasteiger partial charge < -0.3 is 4.98 Å². The Morgan fingerprint density at radius 3 is 2.43 bits per heavy atom. The smallest absolute Gasteiger partial charge is 0.278 e. The highest BCUT2D eigenvalue weighted by Gasteiger charge is 2.19. The van der Waals surface area contributed by atoms with Crippen molar-refractivity contribution in [3.63, 3.8) is 0 Å². The molecule has 2 aromatic heterocycles. The molecule has 0 fully saturated rings. The number of aromatic amines is 1. The van der Waals surface area contributed by atoms with Crippen LogP contribution in [0, 0.1) is 25.2 Å². The Kier molecular flexibility index (Phi) is 3.53. The summed E-state index contributed by atoms with van der Waals surface area (Å²) in [4.78, 5) is 16.1. The van der Waals surface area contributed by atoms with Gasteiger partial charge in [0.2, 0.25) is 0 Å². The number of rotatable bonds is 2. The molecule has 3 aromatic rings. The van der Waals surface area contributed by atoms with Gasteiger partial charge in [-0.25, -0.2) is 0 Å². The first kappa shape index (κ1) is 15.0. The van der Waals surface area contributed by atoms with Gasteiger partial charge in [-0.05, 0) is 37.5 Å². The van der Waals surface area contributed by atoms with Crippen LogP contribution in [-0.4, -0.2) is 14.6 Å². The van der Waals surface area contributed by atoms with E-state index < -0.39 is 0 Å². The zero-order chi connectivity index (χ0) is 16.7. The highest BCUT2D eigenvalue weighted by molar-refractivity contribution is 5.69. The van der Waals surface area contributed by atoms with Crippen molar-refractivity contribution in [1.82, 2.24) is 14.6 Å². The number of nitrogens with zero attached hydrogens (tertiary/aromatic N) is 3. The van der Waals surface area contributed by atoms with E-state index >= 15 is 0 Å². The van der Waals surface area contributed by atoms with Crippen LogP contribution in [0.15, 0.2) is 29.2 Å². The van der Waals surface area contributed by atoms with Crippen molar-refractivity contribution in [2.45, 2.75) is 33.6 Å². The van der Waals surface area contributed by atoms with Crippen LogP contribution in [0.25, 0.3) is 16.9 Å². The van der Waals surface area contributed by atoms with Crippen LogP contribution >= 0.6 is 0 Å². The minimum absolute atomic E-state index is 0.0358. The normalized spacial score (nSPS) is 11.1. The van der Waals surface area contributed by atoms with Crippen molar-refractivity contribution >= 4 is 5.65 Å². The topological polar surface area (TPSA) is 73.9 Å². The van der Waals surface area contributed by atoms with Crippen LogP contribution in [0.3, 0.4) is 0 Å². The summed E-state index contributed by atoms with van der Waals surface area (Å²) < 4.78 is 1.28. The van der Waals surface area contributed by atoms with Crippen LogP contribution in [0.2, 0.25) is 0 Å². The van der Waals surface area contributed by atoms with E-state index in [1.165, 1.54) is 10.7 Å². The average molecular weight is 306 g/mol. The number of benzene rings is 1. The maximum Gasteiger partial charge on any atom is 0.278 e. The van der Waals surface area contributed by atoms with Crippen LogP contribution in [0.4, 0.5) is 0 Å². The third kappa shape index (κ3) is 2.42. The molecule has 0 bridgehead atoms. The van der Waals surface area contributed by atoms with Crippen molar-refractivity contribution in [2.75, 3.05) is 0 Å². The fraction of sp³-hybridized carbons (Fsp3) is 0.278. The molecular formula is C18H18N4O. The lowest BCUT2D eigenvalue weighted by molar-refractivity contribution is 0.797. The van der Waals surface area contributed by atoms with E-state index in [2.05, 4.69) is 22.2 Å². The van der Waals surface area contributed by atoms with E-state index in [-0.39, 0.29) is 11.5 Å². The minimum Gasteiger partial charge on any atom is -0.338 e. The van der Waals surface area contributed by atoms with Crippen LogP contribution < -0.4 is 5.56 Å². The molecule has 23 heavy (non-hydrogen) atoms. The van der Waals surface area contributed by atoms with Crippen molar-refractivity contribution in [2.24, 2.45) is 0 Å². The molecule has 1 aromatic carbocycles. The van der Waals surface area contributed by atoms with E-state index in [1.54, 1.807) is 0 Å². The first-order valence-corrected chi connectivity index (χ1v) is 7.55. The van der Waals surface area contributed by atoms with E-state index in [0.29, 0.717) is 16.8 Å². The van der Waals surface area contributed by atoms with Crippen molar-refractivity contribution in [3.8, 4) is 17.3 Å². The summed E-state index contributed by atoms with van der Waals surface area (Å²) in [6.45, 7) is 8.03. The van der Waals surface area contributed by atoms with Crippen LogP contribution in [-0.2, 0) is 0 Å². The molecule has 0 saturated heterocycles. The Morgan fingerprint density at radius 1 is 1.22 bits per heavy atom. The van der Waals surface area contributed by atoms with Gasteiger partial charge in [-0.2, -0.15) is 14.9 Å². The predicted molar refractivity (Wildman–Crippen MR) is 89.5 cm³/mol. The molecule has 0 unspecified atom stereocenters. The standard InChI is InChI=1S/C18H18N4O/c1-10(2)15-16(13-6-11(3)5-12(4)7-13)21-17-14(8-19)9-20-22(17)18(15)23/h5-7,9-10,21H,1-4H3. The third-order valence-electron chi connectivity index (χ3n) is 3.91. The van der Waals surface area contributed by atoms with Gasteiger partial charge in [0.05, 0.1) is 11.9 Å². The average Bonchev–Trinajstić information content (AvgIpc) is 2.88. The molecular weight excluding hydrogens is 288 g/mol. The molecule has 5 nitrogen and oxygen atoms in total. The zero-order valence-electron chi connectivity index (χ0n) is 13.6. The number of H-pyrrole nitrogens is 1. The van der Waals surface area contributed by atoms with E-state index in [1.807, 2.05) is 39.8 Å². The van der Waals surface area contributed by atoms with Crippen LogP contribution in [0.1, 0.15) is 42.0 Å². The summed E-state index contributed by atoms with van der Waals surface area (Å²) >= 11 is 0. The maximum atomic E-state index is 12.8. The number of aromatic nitrogens is 3. The molecule has 0 saturated carbocycles. The van der Waals surface area contributed by atoms with Gasteiger partial charge in [0, 0.05) is 5.56 Å². The predicted octanol–water partition coefficient (Wildman–Crippen LogP) is 3.30. The largest absolute Gasteiger partial charge is 0.338 e. The minimum atomic E-state index is -0.176. The first-order valence-electron chi connectivity index (χ1n) is 7.55. The van der Waals surface area contributed by atoms with Gasteiger partial charge in [0.1, 0.15) is 11.6 Å². The number of hydrogen-bond acceptors (Lipinski definition) is 3. The second-order valence-electron chi connectivity index (χ2n) is 6.18. The summed E-state index contributed by atoms with van der Waals surface area (Å²) in [5.74, 6) is 0.0358. The number of fused-ring (bicyclic) bond motifs is 1. The molecule has 0 radical (unpaired) electrons. The maximum absolute atomic E-state index is 12.8. The van der Waals surface area contributed by atoms with Gasteiger partial charge in [-0.15, -0.1) is 0 Å². The summed E-state index contributed by atoms with van der Waals surface area (Å²) in [5.41, 5.74) is 5.28. The van der Waals surface area contributed by atoms with Crippen molar-refractivity contribution < 1.29 is 0 Å². The summed E-state index contributed by atoms with van der Waals surface area (Å²) in [5, 5.41) is 13.3. The summed E-state index contributed by atoms with van der Waals surface area (Å²) in [6.07, 6.45) is 1.42. The SMILES string of the molecule is Cc1cc(C)cc(-c2[nH]c3c(C#N)cnn3c(=O)c2C(C)C)c1. The number of aryl methyl sites for hydroxylation is 2. The summed E-state index contributed by atoms with van der Waals surface area (Å²) in [7, 11) is 0. The lowest BCUT2D eigenvalue weighted by Crippen LogP contribution is -2.22. The molecule has 5 heteroatoms. The molecule has 3 rings (SSSR count). The highest BCUT2D eigenvalue weighted by atomic mass is 16.1. The fourth-order valence-corrected chi connectivity index (χ4v) is 2.99. The molecule has 0 aliphatic heterocycles. The highest BCUT2D eigenvalue weighted by Crippen LogP contribution is 2.27. The first-order chi connectivity index (χ1) is 10.9. The molecule has 0 amide bonds. The molecule has 0 aliphatic rings. The fourth-order valence-electron chi connectivity index (χ4n) is 2.99. The Morgan fingerprint density at radius 2 is 1.87 bits per heavy atom. The van der Waals surface area contributed by atoms with Gasteiger partial charge in [-0.1, -0.05) is 31.0 Å². The number of hydrogen-bond donors (Lipinski definition) is 1. The Bertz CT molecular complexity index is 982. The molecule has 116 valence electrons. The van der Waals surface area contributed by atoms with Gasteiger partial charge in [0.25, 0.3) is 5.56 Å². The van der Waals surface area contributed by atoms with Gasteiger partial charge in [-0.3, -0.25) is 4.79 Å². The Labute approximate surface area is 134 Å². The van der Waals surface area contributed by atoms with Gasteiger partial charge in [0.15, 0.2) is 5.65 Å². The van der Waals surface area contributed by atoms with Crippen molar-refractivity contribution in [3.05, 3.63) is 57.0 Å². The molecule has 0 aliphatic carbocycles. The second-order valence-corrected chi connectivity index (χ2v) is 6.18. The number of nitriles is 1. The van der Waals surface area contributed by atoms with E-state index in [4.69, 9.17) is 0 Å². The molecule has 0 atom stereocenters. The molecule has 1 N–H and O–H groups in total. The lowest BCUT2D eigenvalue weighted by atomic mass is 9.96. The third-order valence-corrected chi connectivity index (χ3v) is 3.91. The molecule has 0 spiro atoms. The zero-order valence-corrected chi connectivity index (χ0v) is 13.6. The van der Waals surface area contributed by atoms with Crippen molar-refractivity contribution in [1.29, 1.82) is 5.26 Å². The van der Waals surface area contributed by atoms with E-state index in [9.17, 15) is 10.1 Å².